The molecule has 1 amide bonds. The molecule has 2 N–H and O–H groups in total. The summed E-state index contributed by atoms with van der Waals surface area (Å²) in [6.45, 7) is 2.25. The number of aromatic amines is 1. The van der Waals surface area contributed by atoms with Gasteiger partial charge in [0.1, 0.15) is 11.1 Å². The lowest BCUT2D eigenvalue weighted by Gasteiger charge is -2.06. The van der Waals surface area contributed by atoms with Gasteiger partial charge in [-0.15, -0.1) is 0 Å². The van der Waals surface area contributed by atoms with Crippen molar-refractivity contribution < 1.29 is 14.2 Å². The number of aromatic nitrogens is 2. The Hall–Kier alpha value is -2.55. The van der Waals surface area contributed by atoms with E-state index in [-0.39, 0.29) is 23.8 Å². The Morgan fingerprint density at radius 2 is 2.10 bits per heavy atom. The molecule has 148 valence electrons. The molecule has 0 bridgehead atoms. The Morgan fingerprint density at radius 1 is 1.31 bits per heavy atom. The van der Waals surface area contributed by atoms with E-state index in [9.17, 15) is 9.59 Å². The predicted octanol–water partition coefficient (Wildman–Crippen LogP) is 4.21. The van der Waals surface area contributed by atoms with Gasteiger partial charge >= 0.3 is 10.7 Å². The van der Waals surface area contributed by atoms with Crippen LogP contribution in [0.5, 0.6) is 0 Å². The van der Waals surface area contributed by atoms with Crippen LogP contribution < -0.4 is 15.9 Å². The fraction of sp³-hybridized carbons (Fsp3) is 0.150. The highest BCUT2D eigenvalue weighted by Crippen LogP contribution is 2.22. The zero-order valence-electron chi connectivity index (χ0n) is 15.4. The first-order valence-corrected chi connectivity index (χ1v) is 10.9. The molecule has 4 rings (SSSR count). The second kappa shape index (κ2) is 8.44. The van der Waals surface area contributed by atoms with Gasteiger partial charge in [0, 0.05) is 15.6 Å². The van der Waals surface area contributed by atoms with E-state index in [0.29, 0.717) is 27.0 Å². The molecule has 3 aromatic heterocycles. The van der Waals surface area contributed by atoms with E-state index in [4.69, 9.17) is 16.0 Å². The van der Waals surface area contributed by atoms with Gasteiger partial charge in [-0.05, 0) is 61.2 Å². The highest BCUT2D eigenvalue weighted by Gasteiger charge is 2.22. The third-order valence-corrected chi connectivity index (χ3v) is 6.38. The van der Waals surface area contributed by atoms with Crippen LogP contribution in [-0.4, -0.2) is 16.2 Å². The van der Waals surface area contributed by atoms with Crippen LogP contribution in [0.3, 0.4) is 0 Å². The van der Waals surface area contributed by atoms with Crippen LogP contribution in [-0.2, 0) is 11.3 Å². The van der Waals surface area contributed by atoms with Gasteiger partial charge < -0.3 is 9.73 Å². The average molecular weight is 447 g/mol. The van der Waals surface area contributed by atoms with Gasteiger partial charge in [-0.25, -0.2) is 9.78 Å². The molecule has 0 fully saturated rings. The fourth-order valence-electron chi connectivity index (χ4n) is 2.85. The van der Waals surface area contributed by atoms with Gasteiger partial charge in [0.15, 0.2) is 11.4 Å². The van der Waals surface area contributed by atoms with Gasteiger partial charge in [0.2, 0.25) is 5.91 Å². The van der Waals surface area contributed by atoms with Gasteiger partial charge in [0.25, 0.3) is 0 Å². The second-order valence-electron chi connectivity index (χ2n) is 6.34. The Labute approximate surface area is 179 Å². The standard InChI is InChI=1S/C20H16ClN3O3S2/c1-12-9-16-18(29-12)23-20(24(19(16)26)10-15-3-2-8-27-15)28-11-17(25)22-14-6-4-13(21)5-7-14/h2-9H,10-11H2,1H3,(H,22,25)/p+1. The van der Waals surface area contributed by atoms with Gasteiger partial charge in [-0.3, -0.25) is 4.79 Å². The minimum atomic E-state index is -0.176. The molecule has 0 aliphatic heterocycles. The highest BCUT2D eigenvalue weighted by atomic mass is 35.5. The number of benzene rings is 1. The number of nitrogens with one attached hydrogen (secondary N) is 2. The molecule has 29 heavy (non-hydrogen) atoms. The molecular weight excluding hydrogens is 430 g/mol. The molecule has 3 heterocycles. The highest BCUT2D eigenvalue weighted by molar-refractivity contribution is 7.99. The topological polar surface area (TPSA) is 78.4 Å². The number of furan rings is 1. The fourth-order valence-corrected chi connectivity index (χ4v) is 4.76. The molecule has 0 unspecified atom stereocenters. The van der Waals surface area contributed by atoms with Gasteiger partial charge in [0.05, 0.1) is 12.0 Å². The number of hydrogen-bond acceptors (Lipinski definition) is 5. The number of hydrogen-bond donors (Lipinski definition) is 1. The largest absolute Gasteiger partial charge is 0.465 e. The summed E-state index contributed by atoms with van der Waals surface area (Å²) in [5, 5.41) is 4.67. The molecule has 9 heteroatoms. The van der Waals surface area contributed by atoms with E-state index in [1.807, 2.05) is 19.1 Å². The number of rotatable bonds is 6. The van der Waals surface area contributed by atoms with Gasteiger partial charge in [-0.1, -0.05) is 22.9 Å². The van der Waals surface area contributed by atoms with Crippen molar-refractivity contribution in [3.05, 3.63) is 74.7 Å². The van der Waals surface area contributed by atoms with E-state index in [0.717, 1.165) is 9.71 Å². The first-order chi connectivity index (χ1) is 14.0. The summed E-state index contributed by atoms with van der Waals surface area (Å²) >= 11 is 8.66. The lowest BCUT2D eigenvalue weighted by molar-refractivity contribution is -0.404. The number of thioether (sulfide) groups is 1. The Kier molecular flexibility index (Phi) is 5.75. The molecule has 0 aliphatic rings. The lowest BCUT2D eigenvalue weighted by atomic mass is 10.3. The monoisotopic (exact) mass is 446 g/mol. The zero-order chi connectivity index (χ0) is 20.4. The van der Waals surface area contributed by atoms with E-state index in [1.165, 1.54) is 23.1 Å². The Morgan fingerprint density at radius 3 is 2.83 bits per heavy atom. The van der Waals surface area contributed by atoms with Crippen LogP contribution in [0.2, 0.25) is 5.02 Å². The molecule has 0 saturated carbocycles. The maximum atomic E-state index is 13.0. The van der Waals surface area contributed by atoms with E-state index in [1.54, 1.807) is 41.2 Å². The average Bonchev–Trinajstić information content (AvgIpc) is 3.33. The van der Waals surface area contributed by atoms with E-state index >= 15 is 0 Å². The first-order valence-electron chi connectivity index (χ1n) is 8.76. The van der Waals surface area contributed by atoms with Gasteiger partial charge in [-0.2, -0.15) is 4.57 Å². The number of H-pyrrole nitrogens is 1. The van der Waals surface area contributed by atoms with Crippen molar-refractivity contribution in [1.29, 1.82) is 0 Å². The molecule has 0 aliphatic carbocycles. The van der Waals surface area contributed by atoms with Crippen molar-refractivity contribution in [2.24, 2.45) is 0 Å². The second-order valence-corrected chi connectivity index (χ2v) is 9.00. The molecule has 0 atom stereocenters. The molecule has 0 spiro atoms. The van der Waals surface area contributed by atoms with Crippen molar-refractivity contribution >= 4 is 56.5 Å². The first kappa shape index (κ1) is 19.8. The van der Waals surface area contributed by atoms with Crippen LogP contribution in [0, 0.1) is 6.92 Å². The summed E-state index contributed by atoms with van der Waals surface area (Å²) in [7, 11) is 0. The maximum absolute atomic E-state index is 13.0. The summed E-state index contributed by atoms with van der Waals surface area (Å²) < 4.78 is 7.01. The predicted molar refractivity (Wildman–Crippen MR) is 116 cm³/mol. The molecule has 4 aromatic rings. The van der Waals surface area contributed by atoms with Crippen LogP contribution in [0.1, 0.15) is 10.6 Å². The summed E-state index contributed by atoms with van der Waals surface area (Å²) in [6, 6.07) is 12.4. The van der Waals surface area contributed by atoms with Crippen LogP contribution >= 0.6 is 34.7 Å². The van der Waals surface area contributed by atoms with Crippen molar-refractivity contribution in [3.8, 4) is 0 Å². The van der Waals surface area contributed by atoms with Crippen molar-refractivity contribution in [1.82, 2.24) is 4.57 Å². The molecule has 0 radical (unpaired) electrons. The van der Waals surface area contributed by atoms with E-state index in [2.05, 4.69) is 10.3 Å². The number of aryl methyl sites for hydroxylation is 1. The Bertz CT molecular complexity index is 1210. The number of thiophene rings is 1. The minimum absolute atomic E-state index is 0.111. The maximum Gasteiger partial charge on any atom is 0.347 e. The number of nitrogens with zero attached hydrogens (tertiary/aromatic N) is 1. The van der Waals surface area contributed by atoms with Crippen molar-refractivity contribution in [2.75, 3.05) is 11.1 Å². The lowest BCUT2D eigenvalue weighted by Crippen LogP contribution is -2.30. The molecular formula is C20H17ClN3O3S2+. The zero-order valence-corrected chi connectivity index (χ0v) is 17.8. The normalized spacial score (nSPS) is 11.1. The number of fused-ring (bicyclic) bond motifs is 1. The van der Waals surface area contributed by atoms with Crippen molar-refractivity contribution in [3.63, 3.8) is 0 Å². The summed E-state index contributed by atoms with van der Waals surface area (Å²) in [6.07, 6.45) is 1.57. The number of anilines is 1. The number of halogens is 1. The molecule has 0 saturated heterocycles. The third kappa shape index (κ3) is 4.55. The van der Waals surface area contributed by atoms with Crippen molar-refractivity contribution in [2.45, 2.75) is 18.6 Å². The third-order valence-electron chi connectivity index (χ3n) is 4.16. The van der Waals surface area contributed by atoms with E-state index < -0.39 is 0 Å². The SMILES string of the molecule is Cc1cc2c(=O)n(Cc3ccco3)c(SCC(=O)Nc3ccc(Cl)cc3)[nH+]c2s1. The number of amides is 1. The van der Waals surface area contributed by atoms with Crippen LogP contribution in [0.4, 0.5) is 5.69 Å². The molecule has 1 aromatic carbocycles. The summed E-state index contributed by atoms with van der Waals surface area (Å²) in [5.41, 5.74) is 0.557. The Balaban J connectivity index is 1.58. The van der Waals surface area contributed by atoms with Crippen LogP contribution in [0.25, 0.3) is 10.2 Å². The summed E-state index contributed by atoms with van der Waals surface area (Å²) in [4.78, 5) is 30.5. The molecule has 6 nitrogen and oxygen atoms in total. The summed E-state index contributed by atoms with van der Waals surface area (Å²) in [5.74, 6) is 0.636. The number of carbonyl (C=O) groups is 1. The minimum Gasteiger partial charge on any atom is -0.465 e. The van der Waals surface area contributed by atoms with Crippen LogP contribution in [0.15, 0.2) is 63.1 Å². The smallest absolute Gasteiger partial charge is 0.347 e. The number of carbonyl (C=O) groups excluding carboxylic acids is 1. The quantitative estimate of drug-likeness (QED) is 0.355.